The smallest absolute Gasteiger partial charge is 0.243 e. The molecular weight excluding hydrogens is 538 g/mol. The summed E-state index contributed by atoms with van der Waals surface area (Å²) < 4.78 is 5.68. The number of benzene rings is 1. The molecule has 0 unspecified atom stereocenters. The maximum Gasteiger partial charge on any atom is 0.243 e. The van der Waals surface area contributed by atoms with Crippen LogP contribution in [0, 0.1) is 25.2 Å². The van der Waals surface area contributed by atoms with E-state index in [4.69, 9.17) is 4.42 Å². The third-order valence-electron chi connectivity index (χ3n) is 7.72. The highest BCUT2D eigenvalue weighted by atomic mass is 32.1. The third kappa shape index (κ3) is 6.96. The van der Waals surface area contributed by atoms with Crippen LogP contribution in [0.15, 0.2) is 46.5 Å². The van der Waals surface area contributed by atoms with Crippen molar-refractivity contribution in [2.24, 2.45) is 11.3 Å². The number of amides is 2. The van der Waals surface area contributed by atoms with E-state index in [9.17, 15) is 19.5 Å². The minimum Gasteiger partial charge on any atom is -0.468 e. The van der Waals surface area contributed by atoms with Crippen LogP contribution >= 0.6 is 11.3 Å². The lowest BCUT2D eigenvalue weighted by Crippen LogP contribution is -2.49. The summed E-state index contributed by atoms with van der Waals surface area (Å²) in [4.78, 5) is 47.6. The second kappa shape index (κ2) is 12.3. The monoisotopic (exact) mass is 579 g/mol. The molecule has 1 aliphatic rings. The van der Waals surface area contributed by atoms with Gasteiger partial charge in [0.1, 0.15) is 17.6 Å². The van der Waals surface area contributed by atoms with Gasteiger partial charge in [0.2, 0.25) is 11.8 Å². The van der Waals surface area contributed by atoms with Crippen LogP contribution in [0.25, 0.3) is 10.4 Å². The first-order valence-electron chi connectivity index (χ1n) is 14.1. The first-order chi connectivity index (χ1) is 19.3. The van der Waals surface area contributed by atoms with Crippen molar-refractivity contribution in [3.63, 3.8) is 0 Å². The van der Waals surface area contributed by atoms with Gasteiger partial charge in [0.05, 0.1) is 40.4 Å². The summed E-state index contributed by atoms with van der Waals surface area (Å²) >= 11 is 1.56. The van der Waals surface area contributed by atoms with Crippen LogP contribution in [0.1, 0.15) is 82.0 Å². The number of nitrogens with zero attached hydrogens (tertiary/aromatic N) is 2. The number of β-amino-alcohol motifs (C(OH)–C–C–N with tert-alkyl or cyclic N) is 1. The first kappa shape index (κ1) is 30.7. The molecule has 0 spiro atoms. The first-order valence-corrected chi connectivity index (χ1v) is 15.0. The van der Waals surface area contributed by atoms with Gasteiger partial charge in [-0.25, -0.2) is 4.98 Å². The van der Waals surface area contributed by atoms with E-state index in [0.29, 0.717) is 5.76 Å². The molecule has 0 saturated carbocycles. The van der Waals surface area contributed by atoms with E-state index in [2.05, 4.69) is 10.3 Å². The molecule has 0 radical (unpaired) electrons. The average molecular weight is 580 g/mol. The lowest BCUT2D eigenvalue weighted by atomic mass is 9.85. The van der Waals surface area contributed by atoms with E-state index in [-0.39, 0.29) is 42.9 Å². The Morgan fingerprint density at radius 2 is 1.85 bits per heavy atom. The molecule has 3 aromatic rings. The van der Waals surface area contributed by atoms with Crippen molar-refractivity contribution >= 4 is 28.9 Å². The number of Topliss-reactive ketones (excluding diaryl/α,β-unsaturated/α-hetero) is 1. The molecule has 0 bridgehead atoms. The van der Waals surface area contributed by atoms with Gasteiger partial charge in [-0.15, -0.1) is 11.3 Å². The number of aliphatic hydroxyl groups excluding tert-OH is 1. The maximum atomic E-state index is 13.8. The molecular formula is C32H41N3O5S. The van der Waals surface area contributed by atoms with Gasteiger partial charge in [-0.3, -0.25) is 14.4 Å². The quantitative estimate of drug-likeness (QED) is 0.342. The van der Waals surface area contributed by atoms with Crippen LogP contribution in [0.3, 0.4) is 0 Å². The number of aryl methyl sites for hydroxylation is 2. The highest BCUT2D eigenvalue weighted by Gasteiger charge is 2.43. The second-order valence-electron chi connectivity index (χ2n) is 12.5. The molecule has 4 atom stereocenters. The Morgan fingerprint density at radius 1 is 1.17 bits per heavy atom. The minimum atomic E-state index is -0.860. The molecule has 2 aromatic heterocycles. The molecule has 4 rings (SSSR count). The number of furan rings is 1. The third-order valence-corrected chi connectivity index (χ3v) is 8.70. The summed E-state index contributed by atoms with van der Waals surface area (Å²) in [6.45, 7) is 13.4. The molecule has 41 heavy (non-hydrogen) atoms. The van der Waals surface area contributed by atoms with E-state index in [0.717, 1.165) is 27.3 Å². The van der Waals surface area contributed by atoms with Gasteiger partial charge in [-0.1, -0.05) is 58.9 Å². The number of nitrogens with one attached hydrogen (secondary N) is 1. The van der Waals surface area contributed by atoms with Crippen molar-refractivity contribution in [2.75, 3.05) is 6.54 Å². The topological polar surface area (TPSA) is 113 Å². The minimum absolute atomic E-state index is 0.0117. The fraction of sp³-hybridized carbons (Fsp3) is 0.500. The molecule has 1 fully saturated rings. The Labute approximate surface area is 246 Å². The average Bonchev–Trinajstić information content (AvgIpc) is 3.62. The van der Waals surface area contributed by atoms with Gasteiger partial charge in [-0.2, -0.15) is 0 Å². The fourth-order valence-electron chi connectivity index (χ4n) is 5.29. The molecule has 1 saturated heterocycles. The molecule has 8 nitrogen and oxygen atoms in total. The van der Waals surface area contributed by atoms with Crippen LogP contribution in [0.4, 0.5) is 0 Å². The second-order valence-corrected chi connectivity index (χ2v) is 13.3. The van der Waals surface area contributed by atoms with E-state index in [1.54, 1.807) is 17.6 Å². The van der Waals surface area contributed by atoms with Gasteiger partial charge < -0.3 is 19.7 Å². The summed E-state index contributed by atoms with van der Waals surface area (Å²) in [6.07, 6.45) is 1.03. The number of aliphatic hydroxyl groups is 1. The van der Waals surface area contributed by atoms with E-state index < -0.39 is 29.5 Å². The van der Waals surface area contributed by atoms with Crippen LogP contribution in [0.5, 0.6) is 0 Å². The zero-order valence-corrected chi connectivity index (χ0v) is 25.7. The van der Waals surface area contributed by atoms with Crippen molar-refractivity contribution in [1.29, 1.82) is 0 Å². The van der Waals surface area contributed by atoms with Crippen molar-refractivity contribution in [3.05, 3.63) is 64.7 Å². The summed E-state index contributed by atoms with van der Waals surface area (Å²) in [5.41, 5.74) is 4.90. The Bertz CT molecular complexity index is 1380. The van der Waals surface area contributed by atoms with Crippen molar-refractivity contribution in [3.8, 4) is 10.4 Å². The number of aromatic nitrogens is 1. The molecule has 1 aromatic carbocycles. The molecule has 0 aliphatic carbocycles. The fourth-order valence-corrected chi connectivity index (χ4v) is 6.11. The number of likely N-dealkylation sites (tertiary alicyclic amines) is 1. The number of thiazole rings is 1. The molecule has 220 valence electrons. The Balaban J connectivity index is 1.59. The predicted octanol–water partition coefficient (Wildman–Crippen LogP) is 5.58. The Kier molecular flexibility index (Phi) is 9.19. The van der Waals surface area contributed by atoms with E-state index in [1.165, 1.54) is 4.90 Å². The summed E-state index contributed by atoms with van der Waals surface area (Å²) in [5, 5.41) is 13.6. The zero-order chi connectivity index (χ0) is 30.1. The van der Waals surface area contributed by atoms with Crippen molar-refractivity contribution in [1.82, 2.24) is 15.2 Å². The largest absolute Gasteiger partial charge is 0.468 e. The van der Waals surface area contributed by atoms with Crippen LogP contribution in [-0.4, -0.2) is 51.3 Å². The number of rotatable bonds is 9. The summed E-state index contributed by atoms with van der Waals surface area (Å²) in [6, 6.07) is 8.20. The standard InChI is InChI=1S/C32H41N3O5S/c1-18(2)28(26-12-19(3)16-40-26)31(39)35-15-23(36)13-25(35)30(38)34-24(14-27(37)32(5,6)7)21-8-10-22(11-9-21)29-20(4)33-17-41-29/h8-12,16-18,23-25,28,36H,13-15H2,1-7H3,(H,34,38)/t23-,24+,25+,28-/m1/s1. The van der Waals surface area contributed by atoms with Gasteiger partial charge in [-0.05, 0) is 42.5 Å². The Hall–Kier alpha value is -3.30. The summed E-state index contributed by atoms with van der Waals surface area (Å²) in [5.74, 6) is -0.733. The van der Waals surface area contributed by atoms with Crippen LogP contribution < -0.4 is 5.32 Å². The van der Waals surface area contributed by atoms with Gasteiger partial charge >= 0.3 is 0 Å². The van der Waals surface area contributed by atoms with Crippen molar-refractivity contribution < 1.29 is 23.9 Å². The highest BCUT2D eigenvalue weighted by molar-refractivity contribution is 7.13. The number of ketones is 1. The van der Waals surface area contributed by atoms with Crippen LogP contribution in [0.2, 0.25) is 0 Å². The maximum absolute atomic E-state index is 13.8. The summed E-state index contributed by atoms with van der Waals surface area (Å²) in [7, 11) is 0. The van der Waals surface area contributed by atoms with E-state index in [1.807, 2.05) is 84.3 Å². The molecule has 2 amide bonds. The number of carbonyl (C=O) groups is 3. The molecule has 2 N–H and O–H groups in total. The lowest BCUT2D eigenvalue weighted by Gasteiger charge is -2.30. The number of hydrogen-bond acceptors (Lipinski definition) is 7. The van der Waals surface area contributed by atoms with Crippen molar-refractivity contribution in [2.45, 2.75) is 85.4 Å². The van der Waals surface area contributed by atoms with E-state index >= 15 is 0 Å². The zero-order valence-electron chi connectivity index (χ0n) is 24.9. The molecule has 1 aliphatic heterocycles. The van der Waals surface area contributed by atoms with Gasteiger partial charge in [0.25, 0.3) is 0 Å². The normalized spacial score (nSPS) is 18.9. The van der Waals surface area contributed by atoms with Gasteiger partial charge in [0.15, 0.2) is 0 Å². The number of carbonyl (C=O) groups excluding carboxylic acids is 3. The van der Waals surface area contributed by atoms with Crippen LogP contribution in [-0.2, 0) is 14.4 Å². The molecule has 3 heterocycles. The Morgan fingerprint density at radius 3 is 2.39 bits per heavy atom. The SMILES string of the molecule is Cc1coc([C@H](C(=O)N2C[C@H](O)C[C@H]2C(=O)N[C@@H](CC(=O)C(C)(C)C)c2ccc(-c3scnc3C)cc2)C(C)C)c1. The highest BCUT2D eigenvalue weighted by Crippen LogP contribution is 2.33. The number of hydrogen-bond donors (Lipinski definition) is 2. The lowest BCUT2D eigenvalue weighted by molar-refractivity contribution is -0.141. The molecule has 9 heteroatoms. The van der Waals surface area contributed by atoms with Gasteiger partial charge in [0, 0.05) is 24.8 Å². The predicted molar refractivity (Wildman–Crippen MR) is 159 cm³/mol.